The summed E-state index contributed by atoms with van der Waals surface area (Å²) in [6.45, 7) is 7.34. The van der Waals surface area contributed by atoms with Crippen LogP contribution in [0.2, 0.25) is 0 Å². The Kier molecular flexibility index (Phi) is 3.91. The van der Waals surface area contributed by atoms with Gasteiger partial charge in [0.2, 0.25) is 0 Å². The first-order valence-corrected chi connectivity index (χ1v) is 6.81. The molecule has 3 heteroatoms. The Morgan fingerprint density at radius 2 is 2.11 bits per heavy atom. The minimum Gasteiger partial charge on any atom is -0.368 e. The van der Waals surface area contributed by atoms with Crippen molar-refractivity contribution in [3.63, 3.8) is 0 Å². The third-order valence-corrected chi connectivity index (χ3v) is 3.93. The fourth-order valence-electron chi connectivity index (χ4n) is 2.99. The van der Waals surface area contributed by atoms with Crippen molar-refractivity contribution in [2.24, 2.45) is 11.7 Å². The SMILES string of the molecule is CC1CCN(c2cccc(F)c2[C@H](C)N)C(C)C1. The number of hydrogen-bond acceptors (Lipinski definition) is 2. The van der Waals surface area contributed by atoms with E-state index in [0.29, 0.717) is 11.6 Å². The van der Waals surface area contributed by atoms with E-state index in [0.717, 1.165) is 24.6 Å². The molecule has 100 valence electrons. The lowest BCUT2D eigenvalue weighted by molar-refractivity contribution is 0.376. The molecule has 0 radical (unpaired) electrons. The second-order valence-corrected chi connectivity index (χ2v) is 5.63. The van der Waals surface area contributed by atoms with Gasteiger partial charge in [-0.15, -0.1) is 0 Å². The largest absolute Gasteiger partial charge is 0.368 e. The summed E-state index contributed by atoms with van der Waals surface area (Å²) in [7, 11) is 0. The molecule has 2 rings (SSSR count). The number of nitrogens with zero attached hydrogens (tertiary/aromatic N) is 1. The molecule has 1 fully saturated rings. The third-order valence-electron chi connectivity index (χ3n) is 3.93. The Morgan fingerprint density at radius 1 is 1.39 bits per heavy atom. The summed E-state index contributed by atoms with van der Waals surface area (Å²) in [4.78, 5) is 2.31. The van der Waals surface area contributed by atoms with Gasteiger partial charge in [-0.3, -0.25) is 0 Å². The molecule has 2 N–H and O–H groups in total. The van der Waals surface area contributed by atoms with Crippen LogP contribution in [0, 0.1) is 11.7 Å². The molecule has 3 atom stereocenters. The summed E-state index contributed by atoms with van der Waals surface area (Å²) < 4.78 is 14.0. The third kappa shape index (κ3) is 2.51. The molecule has 1 saturated heterocycles. The van der Waals surface area contributed by atoms with E-state index < -0.39 is 0 Å². The standard InChI is InChI=1S/C15H23FN2/c1-10-7-8-18(11(2)9-10)14-6-4-5-13(16)15(14)12(3)17/h4-6,10-12H,7-9,17H2,1-3H3/t10?,11?,12-/m0/s1. The molecule has 0 aliphatic carbocycles. The van der Waals surface area contributed by atoms with E-state index in [-0.39, 0.29) is 11.9 Å². The molecule has 1 aromatic rings. The van der Waals surface area contributed by atoms with Crippen LogP contribution in [0.25, 0.3) is 0 Å². The van der Waals surface area contributed by atoms with Crippen molar-refractivity contribution in [3.05, 3.63) is 29.6 Å². The molecular weight excluding hydrogens is 227 g/mol. The lowest BCUT2D eigenvalue weighted by atomic mass is 9.92. The van der Waals surface area contributed by atoms with Crippen LogP contribution in [0.1, 0.15) is 45.2 Å². The molecule has 2 nitrogen and oxygen atoms in total. The van der Waals surface area contributed by atoms with Gasteiger partial charge in [0.15, 0.2) is 0 Å². The molecule has 1 heterocycles. The highest BCUT2D eigenvalue weighted by Gasteiger charge is 2.26. The van der Waals surface area contributed by atoms with E-state index in [9.17, 15) is 4.39 Å². The quantitative estimate of drug-likeness (QED) is 0.871. The molecule has 1 aromatic carbocycles. The predicted molar refractivity (Wildman–Crippen MR) is 74.2 cm³/mol. The maximum Gasteiger partial charge on any atom is 0.130 e. The maximum absolute atomic E-state index is 14.0. The predicted octanol–water partition coefficient (Wildman–Crippen LogP) is 3.47. The van der Waals surface area contributed by atoms with Gasteiger partial charge in [0.25, 0.3) is 0 Å². The van der Waals surface area contributed by atoms with Crippen molar-refractivity contribution in [2.45, 2.75) is 45.7 Å². The van der Waals surface area contributed by atoms with E-state index in [1.165, 1.54) is 12.5 Å². The lowest BCUT2D eigenvalue weighted by Crippen LogP contribution is -2.41. The smallest absolute Gasteiger partial charge is 0.130 e. The zero-order valence-corrected chi connectivity index (χ0v) is 11.5. The fourth-order valence-corrected chi connectivity index (χ4v) is 2.99. The second kappa shape index (κ2) is 5.27. The van der Waals surface area contributed by atoms with Crippen LogP contribution in [-0.2, 0) is 0 Å². The molecule has 0 aromatic heterocycles. The average Bonchev–Trinajstić information content (AvgIpc) is 2.28. The minimum absolute atomic E-state index is 0.187. The van der Waals surface area contributed by atoms with Crippen LogP contribution in [0.5, 0.6) is 0 Å². The topological polar surface area (TPSA) is 29.3 Å². The number of benzene rings is 1. The van der Waals surface area contributed by atoms with E-state index in [2.05, 4.69) is 18.7 Å². The summed E-state index contributed by atoms with van der Waals surface area (Å²) in [5.74, 6) is 0.567. The Balaban J connectivity index is 2.36. The maximum atomic E-state index is 14.0. The molecule has 0 saturated carbocycles. The van der Waals surface area contributed by atoms with E-state index in [4.69, 9.17) is 5.73 Å². The number of piperidine rings is 1. The first kappa shape index (κ1) is 13.3. The summed E-state index contributed by atoms with van der Waals surface area (Å²) in [6.07, 6.45) is 2.33. The van der Waals surface area contributed by atoms with Gasteiger partial charge >= 0.3 is 0 Å². The van der Waals surface area contributed by atoms with Gasteiger partial charge in [0.05, 0.1) is 0 Å². The van der Waals surface area contributed by atoms with Crippen LogP contribution in [0.4, 0.5) is 10.1 Å². The molecular formula is C15H23FN2. The zero-order chi connectivity index (χ0) is 13.3. The first-order chi connectivity index (χ1) is 8.50. The fraction of sp³-hybridized carbons (Fsp3) is 0.600. The van der Waals surface area contributed by atoms with Gasteiger partial charge in [0, 0.05) is 29.9 Å². The number of hydrogen-bond donors (Lipinski definition) is 1. The van der Waals surface area contributed by atoms with Gasteiger partial charge in [-0.2, -0.15) is 0 Å². The Bertz CT molecular complexity index is 417. The Hall–Kier alpha value is -1.09. The van der Waals surface area contributed by atoms with Crippen LogP contribution in [0.15, 0.2) is 18.2 Å². The highest BCUT2D eigenvalue weighted by molar-refractivity contribution is 5.56. The van der Waals surface area contributed by atoms with Gasteiger partial charge in [0.1, 0.15) is 5.82 Å². The van der Waals surface area contributed by atoms with Crippen LogP contribution < -0.4 is 10.6 Å². The number of halogens is 1. The van der Waals surface area contributed by atoms with Crippen molar-refractivity contribution in [3.8, 4) is 0 Å². The second-order valence-electron chi connectivity index (χ2n) is 5.63. The Morgan fingerprint density at radius 3 is 2.72 bits per heavy atom. The zero-order valence-electron chi connectivity index (χ0n) is 11.5. The van der Waals surface area contributed by atoms with E-state index in [1.807, 2.05) is 13.0 Å². The van der Waals surface area contributed by atoms with E-state index >= 15 is 0 Å². The number of rotatable bonds is 2. The Labute approximate surface area is 109 Å². The van der Waals surface area contributed by atoms with Crippen molar-refractivity contribution in [1.29, 1.82) is 0 Å². The van der Waals surface area contributed by atoms with Gasteiger partial charge in [-0.05, 0) is 44.7 Å². The monoisotopic (exact) mass is 250 g/mol. The van der Waals surface area contributed by atoms with E-state index in [1.54, 1.807) is 6.07 Å². The van der Waals surface area contributed by atoms with Crippen molar-refractivity contribution < 1.29 is 4.39 Å². The molecule has 0 bridgehead atoms. The molecule has 2 unspecified atom stereocenters. The number of nitrogens with two attached hydrogens (primary N) is 1. The minimum atomic E-state index is -0.271. The number of anilines is 1. The molecule has 0 amide bonds. The molecule has 1 aliphatic rings. The summed E-state index contributed by atoms with van der Waals surface area (Å²) in [6, 6.07) is 5.45. The summed E-state index contributed by atoms with van der Waals surface area (Å²) in [5, 5.41) is 0. The molecule has 1 aliphatic heterocycles. The first-order valence-electron chi connectivity index (χ1n) is 6.81. The van der Waals surface area contributed by atoms with Crippen LogP contribution in [-0.4, -0.2) is 12.6 Å². The molecule has 0 spiro atoms. The summed E-state index contributed by atoms with van der Waals surface area (Å²) in [5.41, 5.74) is 7.56. The van der Waals surface area contributed by atoms with Crippen LogP contribution in [0.3, 0.4) is 0 Å². The van der Waals surface area contributed by atoms with Crippen molar-refractivity contribution in [1.82, 2.24) is 0 Å². The highest BCUT2D eigenvalue weighted by Crippen LogP contribution is 2.33. The normalized spacial score (nSPS) is 26.2. The lowest BCUT2D eigenvalue weighted by Gasteiger charge is -2.39. The van der Waals surface area contributed by atoms with Gasteiger partial charge in [-0.25, -0.2) is 4.39 Å². The molecule has 18 heavy (non-hydrogen) atoms. The average molecular weight is 250 g/mol. The highest BCUT2D eigenvalue weighted by atomic mass is 19.1. The van der Waals surface area contributed by atoms with Gasteiger partial charge in [-0.1, -0.05) is 13.0 Å². The van der Waals surface area contributed by atoms with Crippen molar-refractivity contribution >= 4 is 5.69 Å². The summed E-state index contributed by atoms with van der Waals surface area (Å²) >= 11 is 0. The van der Waals surface area contributed by atoms with Gasteiger partial charge < -0.3 is 10.6 Å². The van der Waals surface area contributed by atoms with Crippen molar-refractivity contribution in [2.75, 3.05) is 11.4 Å². The van der Waals surface area contributed by atoms with Crippen LogP contribution >= 0.6 is 0 Å².